The second-order valence-corrected chi connectivity index (χ2v) is 8.58. The first-order chi connectivity index (χ1) is 16.3. The number of nitrogens with zero attached hydrogens (tertiary/aromatic N) is 1. The lowest BCUT2D eigenvalue weighted by Gasteiger charge is -2.12. The zero-order valence-corrected chi connectivity index (χ0v) is 20.6. The molecule has 6 nitrogen and oxygen atoms in total. The Hall–Kier alpha value is -3.89. The molecule has 0 aliphatic heterocycles. The fourth-order valence-corrected chi connectivity index (χ4v) is 3.77. The molecule has 0 radical (unpaired) electrons. The van der Waals surface area contributed by atoms with Crippen LogP contribution in [0.25, 0.3) is 6.08 Å². The fraction of sp³-hybridized carbons (Fsp3) is 0.148. The lowest BCUT2D eigenvalue weighted by atomic mass is 10.1. The van der Waals surface area contributed by atoms with Gasteiger partial charge in [-0.3, -0.25) is 4.79 Å². The number of benzene rings is 3. The van der Waals surface area contributed by atoms with Crippen molar-refractivity contribution < 1.29 is 19.1 Å². The Kier molecular flexibility index (Phi) is 8.23. The van der Waals surface area contributed by atoms with Crippen molar-refractivity contribution in [2.45, 2.75) is 20.5 Å². The third-order valence-corrected chi connectivity index (χ3v) is 5.37. The maximum absolute atomic E-state index is 12.7. The van der Waals surface area contributed by atoms with Gasteiger partial charge >= 0.3 is 5.97 Å². The van der Waals surface area contributed by atoms with Crippen molar-refractivity contribution in [3.05, 3.63) is 98.5 Å². The molecule has 0 unspecified atom stereocenters. The van der Waals surface area contributed by atoms with Gasteiger partial charge in [0.25, 0.3) is 5.91 Å². The molecule has 0 saturated heterocycles. The largest absolute Gasteiger partial charge is 0.488 e. The topological polar surface area (TPSA) is 88.4 Å². The van der Waals surface area contributed by atoms with E-state index in [4.69, 9.17) is 4.74 Å². The van der Waals surface area contributed by atoms with Gasteiger partial charge < -0.3 is 14.8 Å². The number of rotatable bonds is 7. The van der Waals surface area contributed by atoms with Crippen LogP contribution in [-0.4, -0.2) is 19.0 Å². The number of anilines is 1. The minimum absolute atomic E-state index is 0.0913. The van der Waals surface area contributed by atoms with Crippen LogP contribution < -0.4 is 10.1 Å². The van der Waals surface area contributed by atoms with Crippen molar-refractivity contribution in [2.24, 2.45) is 0 Å². The summed E-state index contributed by atoms with van der Waals surface area (Å²) in [6.07, 6.45) is 1.49. The summed E-state index contributed by atoms with van der Waals surface area (Å²) in [7, 11) is 1.30. The number of carbonyl (C=O) groups is 2. The zero-order chi connectivity index (χ0) is 24.7. The first kappa shape index (κ1) is 24.7. The Morgan fingerprint density at radius 3 is 2.32 bits per heavy atom. The minimum Gasteiger partial charge on any atom is -0.488 e. The highest BCUT2D eigenvalue weighted by atomic mass is 79.9. The summed E-state index contributed by atoms with van der Waals surface area (Å²) in [5.74, 6) is -0.502. The number of hydrogen-bond acceptors (Lipinski definition) is 5. The molecule has 0 fully saturated rings. The van der Waals surface area contributed by atoms with Crippen LogP contribution in [-0.2, 0) is 16.1 Å². The van der Waals surface area contributed by atoms with Crippen molar-refractivity contribution in [2.75, 3.05) is 12.4 Å². The Bertz CT molecular complexity index is 1270. The van der Waals surface area contributed by atoms with Crippen molar-refractivity contribution >= 4 is 39.6 Å². The molecule has 0 aliphatic rings. The summed E-state index contributed by atoms with van der Waals surface area (Å²) in [5.41, 5.74) is 4.63. The first-order valence-electron chi connectivity index (χ1n) is 10.4. The SMILES string of the molecule is COC(=O)c1ccc(NC(=O)/C(C#N)=C/c2cc(Br)ccc2OCc2cc(C)cc(C)c2)cc1. The summed E-state index contributed by atoms with van der Waals surface area (Å²) >= 11 is 3.43. The van der Waals surface area contributed by atoms with Gasteiger partial charge in [-0.15, -0.1) is 0 Å². The standard InChI is InChI=1S/C27H23BrN2O4/c1-17-10-18(2)12-19(11-17)16-34-25-9-6-23(28)14-21(25)13-22(15-29)26(31)30-24-7-4-20(5-8-24)27(32)33-3/h4-14H,16H2,1-3H3,(H,30,31)/b22-13+. The fourth-order valence-electron chi connectivity index (χ4n) is 3.39. The van der Waals surface area contributed by atoms with Crippen LogP contribution in [0.4, 0.5) is 5.69 Å². The van der Waals surface area contributed by atoms with Crippen LogP contribution in [0.1, 0.15) is 32.6 Å². The van der Waals surface area contributed by atoms with Crippen molar-refractivity contribution in [3.63, 3.8) is 0 Å². The van der Waals surface area contributed by atoms with Gasteiger partial charge in [0.15, 0.2) is 0 Å². The molecule has 172 valence electrons. The molecule has 3 aromatic rings. The predicted octanol–water partition coefficient (Wildman–Crippen LogP) is 5.98. The first-order valence-corrected chi connectivity index (χ1v) is 11.2. The molecular weight excluding hydrogens is 496 g/mol. The maximum Gasteiger partial charge on any atom is 0.337 e. The molecule has 0 heterocycles. The quantitative estimate of drug-likeness (QED) is 0.236. The molecule has 0 aliphatic carbocycles. The number of esters is 1. The molecule has 3 aromatic carbocycles. The van der Waals surface area contributed by atoms with E-state index in [0.29, 0.717) is 29.2 Å². The lowest BCUT2D eigenvalue weighted by Crippen LogP contribution is -2.13. The molecular formula is C27H23BrN2O4. The predicted molar refractivity (Wildman–Crippen MR) is 134 cm³/mol. The Balaban J connectivity index is 1.80. The van der Waals surface area contributed by atoms with Crippen molar-refractivity contribution in [1.82, 2.24) is 0 Å². The van der Waals surface area contributed by atoms with E-state index >= 15 is 0 Å². The number of aryl methyl sites for hydroxylation is 2. The average molecular weight is 519 g/mol. The van der Waals surface area contributed by atoms with E-state index in [9.17, 15) is 14.9 Å². The number of amides is 1. The monoisotopic (exact) mass is 518 g/mol. The molecule has 3 rings (SSSR count). The van der Waals surface area contributed by atoms with Gasteiger partial charge in [0, 0.05) is 15.7 Å². The second kappa shape index (κ2) is 11.3. The highest BCUT2D eigenvalue weighted by Crippen LogP contribution is 2.27. The molecule has 1 amide bonds. The van der Waals surface area contributed by atoms with Crippen LogP contribution in [0.15, 0.2) is 70.7 Å². The van der Waals surface area contributed by atoms with Gasteiger partial charge in [-0.05, 0) is 68.0 Å². The van der Waals surface area contributed by atoms with E-state index in [1.54, 1.807) is 24.3 Å². The van der Waals surface area contributed by atoms with Gasteiger partial charge in [0.2, 0.25) is 0 Å². The second-order valence-electron chi connectivity index (χ2n) is 7.66. The van der Waals surface area contributed by atoms with E-state index in [1.807, 2.05) is 26.0 Å². The van der Waals surface area contributed by atoms with Crippen LogP contribution in [0.2, 0.25) is 0 Å². The number of hydrogen-bond donors (Lipinski definition) is 1. The van der Waals surface area contributed by atoms with Crippen LogP contribution in [0, 0.1) is 25.2 Å². The van der Waals surface area contributed by atoms with E-state index in [0.717, 1.165) is 21.2 Å². The van der Waals surface area contributed by atoms with E-state index < -0.39 is 11.9 Å². The number of carbonyl (C=O) groups excluding carboxylic acids is 2. The van der Waals surface area contributed by atoms with Crippen LogP contribution >= 0.6 is 15.9 Å². The minimum atomic E-state index is -0.575. The van der Waals surface area contributed by atoms with E-state index in [-0.39, 0.29) is 5.57 Å². The number of halogens is 1. The summed E-state index contributed by atoms with van der Waals surface area (Å²) in [6.45, 7) is 4.42. The molecule has 0 bridgehead atoms. The molecule has 0 aromatic heterocycles. The van der Waals surface area contributed by atoms with E-state index in [1.165, 1.54) is 25.3 Å². The van der Waals surface area contributed by atoms with Crippen molar-refractivity contribution in [1.29, 1.82) is 5.26 Å². The highest BCUT2D eigenvalue weighted by Gasteiger charge is 2.13. The van der Waals surface area contributed by atoms with Crippen LogP contribution in [0.3, 0.4) is 0 Å². The van der Waals surface area contributed by atoms with E-state index in [2.05, 4.69) is 44.2 Å². The van der Waals surface area contributed by atoms with Crippen LogP contribution in [0.5, 0.6) is 5.75 Å². The smallest absolute Gasteiger partial charge is 0.337 e. The molecule has 34 heavy (non-hydrogen) atoms. The van der Waals surface area contributed by atoms with Gasteiger partial charge in [0.05, 0.1) is 12.7 Å². The maximum atomic E-state index is 12.7. The normalized spacial score (nSPS) is 10.9. The summed E-state index contributed by atoms with van der Waals surface area (Å²) in [5, 5.41) is 12.3. The number of ether oxygens (including phenoxy) is 2. The van der Waals surface area contributed by atoms with Gasteiger partial charge in [0.1, 0.15) is 24.0 Å². The third-order valence-electron chi connectivity index (χ3n) is 4.88. The molecule has 0 saturated carbocycles. The van der Waals surface area contributed by atoms with Gasteiger partial charge in [-0.1, -0.05) is 45.3 Å². The number of methoxy groups -OCH3 is 1. The molecule has 7 heteroatoms. The number of nitriles is 1. The highest BCUT2D eigenvalue weighted by molar-refractivity contribution is 9.10. The zero-order valence-electron chi connectivity index (χ0n) is 19.0. The molecule has 0 atom stereocenters. The summed E-state index contributed by atoms with van der Waals surface area (Å²) in [6, 6.07) is 19.8. The molecule has 1 N–H and O–H groups in total. The van der Waals surface area contributed by atoms with Gasteiger partial charge in [-0.25, -0.2) is 4.79 Å². The lowest BCUT2D eigenvalue weighted by molar-refractivity contribution is -0.112. The summed E-state index contributed by atoms with van der Waals surface area (Å²) in [4.78, 5) is 24.3. The third kappa shape index (κ3) is 6.56. The van der Waals surface area contributed by atoms with Crippen molar-refractivity contribution in [3.8, 4) is 11.8 Å². The summed E-state index contributed by atoms with van der Waals surface area (Å²) < 4.78 is 11.5. The molecule has 0 spiro atoms. The number of nitrogens with one attached hydrogen (secondary N) is 1. The Morgan fingerprint density at radius 1 is 1.03 bits per heavy atom. The average Bonchev–Trinajstić information content (AvgIpc) is 2.81. The van der Waals surface area contributed by atoms with Gasteiger partial charge in [-0.2, -0.15) is 5.26 Å². The Morgan fingerprint density at radius 2 is 1.71 bits per heavy atom. The Labute approximate surface area is 207 Å².